The van der Waals surface area contributed by atoms with E-state index in [1.165, 1.54) is 0 Å². The van der Waals surface area contributed by atoms with Gasteiger partial charge in [0.25, 0.3) is 5.91 Å². The van der Waals surface area contributed by atoms with Crippen molar-refractivity contribution in [1.29, 1.82) is 0 Å². The van der Waals surface area contributed by atoms with Crippen LogP contribution in [-0.2, 0) is 6.42 Å². The Balaban J connectivity index is 1.92. The number of fused-ring (bicyclic) bond motifs is 1. The second kappa shape index (κ2) is 7.65. The molecule has 1 aliphatic rings. The van der Waals surface area contributed by atoms with Crippen LogP contribution in [0.15, 0.2) is 27.7 Å². The Bertz CT molecular complexity index is 924. The fraction of sp³-hybridized carbons (Fsp3) is 0.235. The van der Waals surface area contributed by atoms with E-state index in [0.717, 1.165) is 36.3 Å². The molecule has 2 aromatic rings. The van der Waals surface area contributed by atoms with Gasteiger partial charge in [0.2, 0.25) is 0 Å². The number of hydrogen-bond donors (Lipinski definition) is 3. The number of thiocarbonyl (C=S) groups is 1. The van der Waals surface area contributed by atoms with Crippen molar-refractivity contribution in [2.45, 2.75) is 26.2 Å². The number of rotatable bonds is 3. The lowest BCUT2D eigenvalue weighted by Crippen LogP contribution is -2.26. The highest BCUT2D eigenvalue weighted by molar-refractivity contribution is 7.80. The first-order chi connectivity index (χ1) is 12.4. The Morgan fingerprint density at radius 2 is 2.12 bits per heavy atom. The smallest absolute Gasteiger partial charge is 0.291 e. The Morgan fingerprint density at radius 1 is 1.35 bits per heavy atom. The second-order valence-corrected chi connectivity index (χ2v) is 7.10. The zero-order valence-electron chi connectivity index (χ0n) is 13.9. The zero-order valence-corrected chi connectivity index (χ0v) is 16.2. The molecule has 1 aliphatic carbocycles. The number of carbonyl (C=O) groups is 1. The van der Waals surface area contributed by atoms with Crippen LogP contribution in [-0.4, -0.2) is 16.7 Å². The summed E-state index contributed by atoms with van der Waals surface area (Å²) in [4.78, 5) is 12.7. The van der Waals surface area contributed by atoms with Crippen molar-refractivity contribution in [3.05, 3.63) is 50.9 Å². The van der Waals surface area contributed by atoms with Crippen molar-refractivity contribution in [2.24, 2.45) is 10.8 Å². The minimum absolute atomic E-state index is 0.0827. The van der Waals surface area contributed by atoms with Crippen molar-refractivity contribution in [3.8, 4) is 0 Å². The van der Waals surface area contributed by atoms with Crippen molar-refractivity contribution in [2.75, 3.05) is 5.32 Å². The molecule has 3 rings (SSSR count). The van der Waals surface area contributed by atoms with E-state index in [9.17, 15) is 4.79 Å². The Hall–Kier alpha value is -2.09. The van der Waals surface area contributed by atoms with Crippen LogP contribution in [0, 0.1) is 6.92 Å². The van der Waals surface area contributed by atoms with Crippen LogP contribution in [0.25, 0.3) is 0 Å². The van der Waals surface area contributed by atoms with Gasteiger partial charge in [-0.2, -0.15) is 5.10 Å². The quantitative estimate of drug-likeness (QED) is 0.524. The van der Waals surface area contributed by atoms with E-state index in [0.29, 0.717) is 21.3 Å². The number of aryl methyl sites for hydroxylation is 1. The molecule has 0 saturated carbocycles. The minimum Gasteiger partial charge on any atom is -0.455 e. The van der Waals surface area contributed by atoms with Crippen molar-refractivity contribution in [3.63, 3.8) is 0 Å². The summed E-state index contributed by atoms with van der Waals surface area (Å²) in [5.74, 6) is 0.540. The summed E-state index contributed by atoms with van der Waals surface area (Å²) >= 11 is 16.9. The molecular formula is C17H16Cl2N4O2S. The van der Waals surface area contributed by atoms with Crippen molar-refractivity contribution >= 4 is 57.8 Å². The van der Waals surface area contributed by atoms with E-state index in [1.54, 1.807) is 18.2 Å². The van der Waals surface area contributed by atoms with Crippen LogP contribution in [0.4, 0.5) is 5.69 Å². The minimum atomic E-state index is -0.400. The monoisotopic (exact) mass is 410 g/mol. The van der Waals surface area contributed by atoms with Gasteiger partial charge in [0.05, 0.1) is 16.4 Å². The Morgan fingerprint density at radius 3 is 2.85 bits per heavy atom. The molecule has 0 fully saturated rings. The van der Waals surface area contributed by atoms with E-state index in [2.05, 4.69) is 15.8 Å². The van der Waals surface area contributed by atoms with E-state index in [4.69, 9.17) is 45.6 Å². The lowest BCUT2D eigenvalue weighted by molar-refractivity contribution is 0.0994. The summed E-state index contributed by atoms with van der Waals surface area (Å²) in [6, 6.07) is 4.85. The predicted molar refractivity (Wildman–Crippen MR) is 107 cm³/mol. The fourth-order valence-electron chi connectivity index (χ4n) is 2.89. The molecule has 0 saturated heterocycles. The largest absolute Gasteiger partial charge is 0.455 e. The van der Waals surface area contributed by atoms with Crippen LogP contribution in [0.2, 0.25) is 10.0 Å². The Kier molecular flexibility index (Phi) is 5.50. The second-order valence-electron chi connectivity index (χ2n) is 5.82. The van der Waals surface area contributed by atoms with E-state index < -0.39 is 5.91 Å². The molecule has 26 heavy (non-hydrogen) atoms. The van der Waals surface area contributed by atoms with Crippen LogP contribution in [0.1, 0.15) is 40.3 Å². The highest BCUT2D eigenvalue weighted by Crippen LogP contribution is 2.31. The average molecular weight is 411 g/mol. The Labute approximate surface area is 165 Å². The third-order valence-electron chi connectivity index (χ3n) is 4.01. The number of amides is 1. The van der Waals surface area contributed by atoms with Gasteiger partial charge in [-0.25, -0.2) is 0 Å². The van der Waals surface area contributed by atoms with Gasteiger partial charge < -0.3 is 15.5 Å². The van der Waals surface area contributed by atoms with Gasteiger partial charge in [0.1, 0.15) is 5.76 Å². The highest BCUT2D eigenvalue weighted by atomic mass is 35.5. The van der Waals surface area contributed by atoms with Crippen molar-refractivity contribution < 1.29 is 9.21 Å². The lowest BCUT2D eigenvalue weighted by atomic mass is 9.93. The molecule has 0 radical (unpaired) electrons. The maximum atomic E-state index is 12.7. The zero-order chi connectivity index (χ0) is 18.8. The van der Waals surface area contributed by atoms with Gasteiger partial charge >= 0.3 is 0 Å². The summed E-state index contributed by atoms with van der Waals surface area (Å²) in [6.45, 7) is 1.82. The molecule has 136 valence electrons. The van der Waals surface area contributed by atoms with E-state index in [-0.39, 0.29) is 10.9 Å². The number of furan rings is 1. The number of hydrogen-bond acceptors (Lipinski definition) is 4. The van der Waals surface area contributed by atoms with E-state index in [1.807, 2.05) is 6.92 Å². The fourth-order valence-corrected chi connectivity index (χ4v) is 3.27. The molecule has 1 amide bonds. The molecule has 0 aliphatic heterocycles. The van der Waals surface area contributed by atoms with Crippen LogP contribution in [0.3, 0.4) is 0 Å². The summed E-state index contributed by atoms with van der Waals surface area (Å²) < 4.78 is 5.82. The first kappa shape index (κ1) is 18.7. The number of carbonyl (C=O) groups excluding carboxylic acids is 1. The van der Waals surface area contributed by atoms with Gasteiger partial charge in [-0.15, -0.1) is 0 Å². The molecule has 0 atom stereocenters. The molecular weight excluding hydrogens is 395 g/mol. The molecule has 0 spiro atoms. The molecule has 0 bridgehead atoms. The lowest BCUT2D eigenvalue weighted by Gasteiger charge is -2.13. The molecule has 0 unspecified atom stereocenters. The molecule has 1 aromatic carbocycles. The molecule has 6 nitrogen and oxygen atoms in total. The molecule has 9 heteroatoms. The number of halogens is 2. The average Bonchev–Trinajstić information content (AvgIpc) is 2.94. The molecule has 1 heterocycles. The van der Waals surface area contributed by atoms with Crippen LogP contribution >= 0.6 is 35.4 Å². The van der Waals surface area contributed by atoms with Gasteiger partial charge in [0, 0.05) is 22.6 Å². The summed E-state index contributed by atoms with van der Waals surface area (Å²) in [5.41, 5.74) is 10.7. The number of nitrogens with zero attached hydrogens (tertiary/aromatic N) is 1. The molecule has 1 aromatic heterocycles. The van der Waals surface area contributed by atoms with Crippen molar-refractivity contribution in [1.82, 2.24) is 5.43 Å². The summed E-state index contributed by atoms with van der Waals surface area (Å²) in [6.07, 6.45) is 2.33. The van der Waals surface area contributed by atoms with Crippen LogP contribution in [0.5, 0.6) is 0 Å². The maximum Gasteiger partial charge on any atom is 0.291 e. The van der Waals surface area contributed by atoms with Gasteiger partial charge in [-0.1, -0.05) is 23.2 Å². The standard InChI is InChI=1S/C17H16Cl2N4O2S/c1-8-14-11(22-23-17(20)26)3-2-4-13(14)25-15(8)16(24)21-12-7-9(18)5-6-10(12)19/h5-7H,2-4H2,1H3,(H,21,24)(H3,20,23,26)/b22-11+. The number of benzene rings is 1. The van der Waals surface area contributed by atoms with Gasteiger partial charge in [-0.3, -0.25) is 10.2 Å². The first-order valence-electron chi connectivity index (χ1n) is 7.88. The van der Waals surface area contributed by atoms with Gasteiger partial charge in [0.15, 0.2) is 10.9 Å². The third kappa shape index (κ3) is 3.85. The number of hydrazone groups is 1. The first-order valence-corrected chi connectivity index (χ1v) is 9.04. The number of anilines is 1. The highest BCUT2D eigenvalue weighted by Gasteiger charge is 2.28. The topological polar surface area (TPSA) is 92.6 Å². The maximum absolute atomic E-state index is 12.7. The summed E-state index contributed by atoms with van der Waals surface area (Å²) in [5, 5.41) is 7.92. The SMILES string of the molecule is Cc1c(C(=O)Nc2cc(Cl)ccc2Cl)oc2c1/C(=N/NC(N)=S)CCC2. The number of nitrogens with two attached hydrogens (primary N) is 1. The van der Waals surface area contributed by atoms with Crippen LogP contribution < -0.4 is 16.5 Å². The van der Waals surface area contributed by atoms with E-state index >= 15 is 0 Å². The third-order valence-corrected chi connectivity index (χ3v) is 4.67. The summed E-state index contributed by atoms with van der Waals surface area (Å²) in [7, 11) is 0. The number of nitrogens with one attached hydrogen (secondary N) is 2. The predicted octanol–water partition coefficient (Wildman–Crippen LogP) is 4.02. The van der Waals surface area contributed by atoms with Gasteiger partial charge in [-0.05, 0) is 50.2 Å². The normalized spacial score (nSPS) is 14.8. The molecule has 4 N–H and O–H groups in total.